The van der Waals surface area contributed by atoms with E-state index < -0.39 is 11.6 Å². The maximum Gasteiger partial charge on any atom is 0.336 e. The fraction of sp³-hybridized carbons (Fsp3) is 0.227. The molecule has 2 aromatic carbocycles. The Kier molecular flexibility index (Phi) is 11.7. The van der Waals surface area contributed by atoms with Gasteiger partial charge in [-0.1, -0.05) is 6.07 Å². The molecular formula is C22H22Cl2O8. The second-order valence-electron chi connectivity index (χ2n) is 6.08. The molecule has 0 aliphatic heterocycles. The number of fused-ring (bicyclic) bond motifs is 1. The van der Waals surface area contributed by atoms with Gasteiger partial charge in [0.2, 0.25) is 0 Å². The van der Waals surface area contributed by atoms with Crippen LogP contribution in [0.5, 0.6) is 17.2 Å². The van der Waals surface area contributed by atoms with E-state index in [0.29, 0.717) is 17.8 Å². The number of alkyl halides is 2. The summed E-state index contributed by atoms with van der Waals surface area (Å²) in [5.74, 6) is -0.457. The molecule has 1 heterocycles. The van der Waals surface area contributed by atoms with Crippen LogP contribution in [0.25, 0.3) is 11.0 Å². The molecule has 0 saturated heterocycles. The number of Topliss-reactive ketones (excluding diaryl/α,β-unsaturated/α-hetero) is 1. The monoisotopic (exact) mass is 484 g/mol. The van der Waals surface area contributed by atoms with Crippen molar-refractivity contribution in [2.24, 2.45) is 0 Å². The van der Waals surface area contributed by atoms with Crippen molar-refractivity contribution in [3.63, 3.8) is 0 Å². The van der Waals surface area contributed by atoms with E-state index in [9.17, 15) is 19.5 Å². The van der Waals surface area contributed by atoms with Gasteiger partial charge in [-0.3, -0.25) is 9.59 Å². The molecule has 0 saturated carbocycles. The van der Waals surface area contributed by atoms with Gasteiger partial charge in [-0.15, -0.1) is 23.2 Å². The Morgan fingerprint density at radius 2 is 1.59 bits per heavy atom. The lowest BCUT2D eigenvalue weighted by Gasteiger charge is -2.01. The van der Waals surface area contributed by atoms with Crippen molar-refractivity contribution >= 4 is 45.9 Å². The number of phenols is 3. The van der Waals surface area contributed by atoms with Crippen molar-refractivity contribution in [1.29, 1.82) is 0 Å². The van der Waals surface area contributed by atoms with Gasteiger partial charge in [0.1, 0.15) is 29.3 Å². The predicted octanol–water partition coefficient (Wildman–Crippen LogP) is 4.08. The van der Waals surface area contributed by atoms with E-state index in [1.54, 1.807) is 19.1 Å². The summed E-state index contributed by atoms with van der Waals surface area (Å²) in [7, 11) is 0. The Morgan fingerprint density at radius 3 is 2.09 bits per heavy atom. The Bertz CT molecular complexity index is 1080. The van der Waals surface area contributed by atoms with E-state index in [1.165, 1.54) is 36.4 Å². The number of ketones is 1. The summed E-state index contributed by atoms with van der Waals surface area (Å²) >= 11 is 10.8. The topological polar surface area (TPSA) is 134 Å². The number of hydrogen-bond acceptors (Lipinski definition) is 8. The molecule has 1 aromatic heterocycles. The maximum atomic E-state index is 11.1. The van der Waals surface area contributed by atoms with Gasteiger partial charge in [0.05, 0.1) is 12.5 Å². The highest BCUT2D eigenvalue weighted by Crippen LogP contribution is 2.22. The van der Waals surface area contributed by atoms with Gasteiger partial charge in [0.25, 0.3) is 0 Å². The zero-order chi connectivity index (χ0) is 24.1. The number of carbonyl (C=O) groups excluding carboxylic acids is 2. The smallest absolute Gasteiger partial charge is 0.336 e. The van der Waals surface area contributed by atoms with Crippen molar-refractivity contribution in [2.45, 2.75) is 19.2 Å². The third-order valence-electron chi connectivity index (χ3n) is 3.58. The van der Waals surface area contributed by atoms with E-state index in [4.69, 9.17) is 37.8 Å². The van der Waals surface area contributed by atoms with Gasteiger partial charge in [0.15, 0.2) is 5.78 Å². The minimum Gasteiger partial charge on any atom is -0.508 e. The number of esters is 1. The first-order valence-corrected chi connectivity index (χ1v) is 10.3. The summed E-state index contributed by atoms with van der Waals surface area (Å²) in [4.78, 5) is 32.0. The Morgan fingerprint density at radius 1 is 0.969 bits per heavy atom. The van der Waals surface area contributed by atoms with E-state index >= 15 is 0 Å². The first kappa shape index (κ1) is 26.8. The Labute approximate surface area is 193 Å². The molecule has 10 heteroatoms. The second-order valence-corrected chi connectivity index (χ2v) is 6.61. The zero-order valence-electron chi connectivity index (χ0n) is 17.1. The molecule has 0 atom stereocenters. The molecule has 0 bridgehead atoms. The maximum absolute atomic E-state index is 11.1. The Hall–Kier alpha value is -3.23. The van der Waals surface area contributed by atoms with Gasteiger partial charge in [-0.2, -0.15) is 0 Å². The molecule has 0 fully saturated rings. The highest BCUT2D eigenvalue weighted by molar-refractivity contribution is 6.28. The van der Waals surface area contributed by atoms with Crippen LogP contribution in [-0.4, -0.2) is 39.6 Å². The van der Waals surface area contributed by atoms with Crippen LogP contribution in [0.4, 0.5) is 0 Å². The first-order valence-electron chi connectivity index (χ1n) is 9.23. The molecule has 0 amide bonds. The quantitative estimate of drug-likeness (QED) is 0.213. The minimum atomic E-state index is -0.506. The number of aromatic hydroxyl groups is 3. The lowest BCUT2D eigenvalue weighted by molar-refractivity contribution is -0.145. The van der Waals surface area contributed by atoms with Crippen molar-refractivity contribution in [3.8, 4) is 17.2 Å². The van der Waals surface area contributed by atoms with Gasteiger partial charge in [0, 0.05) is 29.5 Å². The summed E-state index contributed by atoms with van der Waals surface area (Å²) in [6, 6.07) is 11.8. The molecule has 0 aliphatic rings. The molecule has 0 unspecified atom stereocenters. The largest absolute Gasteiger partial charge is 0.508 e. The van der Waals surface area contributed by atoms with Gasteiger partial charge >= 0.3 is 11.6 Å². The molecule has 172 valence electrons. The number of hydrogen-bond donors (Lipinski definition) is 3. The van der Waals surface area contributed by atoms with E-state index in [-0.39, 0.29) is 41.2 Å². The van der Waals surface area contributed by atoms with Crippen LogP contribution in [0, 0.1) is 0 Å². The molecule has 0 radical (unpaired) electrons. The van der Waals surface area contributed by atoms with Crippen LogP contribution in [0.1, 0.15) is 18.9 Å². The number of carbonyl (C=O) groups is 2. The number of halogens is 2. The first-order chi connectivity index (χ1) is 15.2. The van der Waals surface area contributed by atoms with Gasteiger partial charge < -0.3 is 24.5 Å². The van der Waals surface area contributed by atoms with Crippen LogP contribution >= 0.6 is 23.2 Å². The van der Waals surface area contributed by atoms with Gasteiger partial charge in [-0.25, -0.2) is 4.79 Å². The standard InChI is InChI=1S/C10H7ClO3.C6H9ClO3.C6H6O2/c11-5-6-3-10(13)14-9-4-7(12)1-2-8(6)9;1-2-10-6(9)3-5(8)4-7;7-5-2-1-3-6(8)4-5/h1-4,12H,5H2;2-4H2,1H3;1-4,7-8H. The summed E-state index contributed by atoms with van der Waals surface area (Å²) in [6.07, 6.45) is -0.211. The zero-order valence-corrected chi connectivity index (χ0v) is 18.6. The van der Waals surface area contributed by atoms with Crippen molar-refractivity contribution in [3.05, 3.63) is 64.5 Å². The molecule has 0 aliphatic carbocycles. The van der Waals surface area contributed by atoms with E-state index in [0.717, 1.165) is 5.39 Å². The fourth-order valence-electron chi connectivity index (χ4n) is 2.24. The van der Waals surface area contributed by atoms with Crippen LogP contribution in [-0.2, 0) is 20.2 Å². The van der Waals surface area contributed by atoms with Crippen LogP contribution < -0.4 is 5.63 Å². The lowest BCUT2D eigenvalue weighted by atomic mass is 10.1. The second kappa shape index (κ2) is 14.0. The number of rotatable bonds is 5. The third-order valence-corrected chi connectivity index (χ3v) is 4.17. The number of benzene rings is 2. The van der Waals surface area contributed by atoms with Crippen LogP contribution in [0.15, 0.2) is 57.7 Å². The average Bonchev–Trinajstić information content (AvgIpc) is 2.73. The highest BCUT2D eigenvalue weighted by atomic mass is 35.5. The predicted molar refractivity (Wildman–Crippen MR) is 120 cm³/mol. The summed E-state index contributed by atoms with van der Waals surface area (Å²) in [5.41, 5.74) is 0.602. The van der Waals surface area contributed by atoms with Crippen molar-refractivity contribution < 1.29 is 34.1 Å². The minimum absolute atomic E-state index is 0.0624. The summed E-state index contributed by atoms with van der Waals surface area (Å²) in [5, 5.41) is 27.2. The fourth-order valence-corrected chi connectivity index (χ4v) is 2.56. The molecule has 0 spiro atoms. The average molecular weight is 485 g/mol. The SMILES string of the molecule is CCOC(=O)CC(=O)CCl.O=c1cc(CCl)c2ccc(O)cc2o1.Oc1cccc(O)c1. The van der Waals surface area contributed by atoms with Crippen molar-refractivity contribution in [1.82, 2.24) is 0 Å². The summed E-state index contributed by atoms with van der Waals surface area (Å²) < 4.78 is 9.41. The molecule has 3 rings (SSSR count). The Balaban J connectivity index is 0.000000252. The van der Waals surface area contributed by atoms with Crippen molar-refractivity contribution in [2.75, 3.05) is 12.5 Å². The lowest BCUT2D eigenvalue weighted by Crippen LogP contribution is -2.11. The third kappa shape index (κ3) is 9.72. The molecule has 3 N–H and O–H groups in total. The van der Waals surface area contributed by atoms with E-state index in [1.807, 2.05) is 0 Å². The molecule has 8 nitrogen and oxygen atoms in total. The highest BCUT2D eigenvalue weighted by Gasteiger charge is 2.07. The number of phenolic OH excluding ortho intramolecular Hbond substituents is 3. The molecule has 32 heavy (non-hydrogen) atoms. The molecule has 3 aromatic rings. The number of ether oxygens (including phenoxy) is 1. The van der Waals surface area contributed by atoms with E-state index in [2.05, 4.69) is 4.74 Å². The molecular weight excluding hydrogens is 463 g/mol. The van der Waals surface area contributed by atoms with Gasteiger partial charge in [-0.05, 0) is 36.8 Å². The summed E-state index contributed by atoms with van der Waals surface area (Å²) in [6.45, 7) is 1.98. The van der Waals surface area contributed by atoms with Crippen LogP contribution in [0.3, 0.4) is 0 Å². The van der Waals surface area contributed by atoms with Crippen LogP contribution in [0.2, 0.25) is 0 Å². The normalized spacial score (nSPS) is 9.72.